The predicted octanol–water partition coefficient (Wildman–Crippen LogP) is 7.03. The first-order chi connectivity index (χ1) is 19.5. The maximum atomic E-state index is 7.13. The lowest BCUT2D eigenvalue weighted by atomic mass is 9.46. The second-order valence-electron chi connectivity index (χ2n) is 14.8. The molecule has 1 aromatic rings. The summed E-state index contributed by atoms with van der Waals surface area (Å²) < 4.78 is 19.3. The largest absolute Gasteiger partial charge is 0.472 e. The van der Waals surface area contributed by atoms with E-state index in [4.69, 9.17) is 13.9 Å². The van der Waals surface area contributed by atoms with Crippen molar-refractivity contribution in [3.63, 3.8) is 0 Å². The molecule has 5 fully saturated rings. The fourth-order valence-corrected chi connectivity index (χ4v) is 10.8. The SMILES string of the molecule is C[C@]12CC[C@H](OCCN3CCCC3)CC1=CC[C@@H]1[C@@H]2CC[C@@]2(C)[C@H]1CC[C@@]2(OCCN1CCCC1)c1ccoc1. The Morgan fingerprint density at radius 2 is 1.60 bits per heavy atom. The van der Waals surface area contributed by atoms with Gasteiger partial charge >= 0.3 is 0 Å². The monoisotopic (exact) mass is 550 g/mol. The Balaban J connectivity index is 1.05. The molecule has 1 aromatic heterocycles. The van der Waals surface area contributed by atoms with Gasteiger partial charge in [0.2, 0.25) is 0 Å². The molecule has 5 heteroatoms. The maximum Gasteiger partial charge on any atom is 0.102 e. The summed E-state index contributed by atoms with van der Waals surface area (Å²) in [7, 11) is 0. The van der Waals surface area contributed by atoms with Crippen molar-refractivity contribution in [2.75, 3.05) is 52.5 Å². The molecule has 0 spiro atoms. The zero-order valence-corrected chi connectivity index (χ0v) is 25.4. The third-order valence-corrected chi connectivity index (χ3v) is 13.1. The number of hydrogen-bond donors (Lipinski definition) is 0. The molecule has 6 aliphatic rings. The van der Waals surface area contributed by atoms with Gasteiger partial charge < -0.3 is 23.7 Å². The van der Waals surface area contributed by atoms with Crippen molar-refractivity contribution in [3.8, 4) is 0 Å². The topological polar surface area (TPSA) is 38.1 Å². The molecule has 3 saturated carbocycles. The number of hydrogen-bond acceptors (Lipinski definition) is 5. The van der Waals surface area contributed by atoms with Gasteiger partial charge in [-0.2, -0.15) is 0 Å². The van der Waals surface area contributed by atoms with Crippen molar-refractivity contribution in [3.05, 3.63) is 35.8 Å². The standard InChI is InChI=1S/C35H54N2O3/c1-33-13-9-29(39-23-20-36-16-3-4-17-36)25-27(33)7-8-30-31(33)10-14-34(2)32(30)11-15-35(34,28-12-22-38-26-28)40-24-21-37-18-5-6-19-37/h7,12,22,26,29-32H,3-6,8-11,13-21,23-25H2,1-2H3/t29-,30+,31-,32-,33-,34-,35+/m0/s1. The first-order valence-corrected chi connectivity index (χ1v) is 16.9. The third kappa shape index (κ3) is 4.66. The smallest absolute Gasteiger partial charge is 0.102 e. The minimum Gasteiger partial charge on any atom is -0.472 e. The van der Waals surface area contributed by atoms with Crippen molar-refractivity contribution in [2.24, 2.45) is 28.6 Å². The van der Waals surface area contributed by atoms with Gasteiger partial charge in [0.05, 0.1) is 31.8 Å². The summed E-state index contributed by atoms with van der Waals surface area (Å²) in [6, 6.07) is 2.21. The van der Waals surface area contributed by atoms with Crippen LogP contribution in [0.25, 0.3) is 0 Å². The molecule has 0 radical (unpaired) electrons. The van der Waals surface area contributed by atoms with E-state index in [1.54, 1.807) is 5.57 Å². The van der Waals surface area contributed by atoms with Gasteiger partial charge in [0.15, 0.2) is 0 Å². The van der Waals surface area contributed by atoms with Crippen molar-refractivity contribution >= 4 is 0 Å². The normalized spacial score (nSPS) is 42.0. The summed E-state index contributed by atoms with van der Waals surface area (Å²) in [6.45, 7) is 14.2. The van der Waals surface area contributed by atoms with E-state index in [0.717, 1.165) is 50.5 Å². The van der Waals surface area contributed by atoms with E-state index in [1.807, 2.05) is 12.5 Å². The highest BCUT2D eigenvalue weighted by atomic mass is 16.5. The number of rotatable bonds is 9. The molecule has 0 aromatic carbocycles. The summed E-state index contributed by atoms with van der Waals surface area (Å²) in [4.78, 5) is 5.17. The van der Waals surface area contributed by atoms with Crippen LogP contribution in [0, 0.1) is 28.6 Å². The first-order valence-electron chi connectivity index (χ1n) is 16.9. The summed E-state index contributed by atoms with van der Waals surface area (Å²) in [5.74, 6) is 2.30. The molecule has 2 aliphatic heterocycles. The summed E-state index contributed by atoms with van der Waals surface area (Å²) in [6.07, 6.45) is 22.4. The molecule has 0 N–H and O–H groups in total. The molecule has 3 heterocycles. The van der Waals surface area contributed by atoms with E-state index in [-0.39, 0.29) is 11.0 Å². The Bertz CT molecular complexity index is 1030. The summed E-state index contributed by atoms with van der Waals surface area (Å²) >= 11 is 0. The van der Waals surface area contributed by atoms with Crippen molar-refractivity contribution in [1.82, 2.24) is 9.80 Å². The Labute approximate surface area is 243 Å². The van der Waals surface area contributed by atoms with Crippen molar-refractivity contribution in [2.45, 2.75) is 103 Å². The molecule has 7 rings (SSSR count). The van der Waals surface area contributed by atoms with Crippen LogP contribution >= 0.6 is 0 Å². The number of ether oxygens (including phenoxy) is 2. The van der Waals surface area contributed by atoms with Crippen LogP contribution in [-0.2, 0) is 15.1 Å². The molecule has 0 bridgehead atoms. The third-order valence-electron chi connectivity index (χ3n) is 13.1. The molecule has 0 unspecified atom stereocenters. The highest BCUT2D eigenvalue weighted by molar-refractivity contribution is 5.30. The average Bonchev–Trinajstić information content (AvgIpc) is 3.77. The van der Waals surface area contributed by atoms with E-state index in [9.17, 15) is 0 Å². The fourth-order valence-electron chi connectivity index (χ4n) is 10.8. The lowest BCUT2D eigenvalue weighted by Gasteiger charge is -2.59. The number of allylic oxidation sites excluding steroid dienone is 1. The van der Waals surface area contributed by atoms with Crippen LogP contribution in [0.2, 0.25) is 0 Å². The Kier molecular flexibility index (Phi) is 7.73. The summed E-state index contributed by atoms with van der Waals surface area (Å²) in [5, 5.41) is 0. The van der Waals surface area contributed by atoms with E-state index >= 15 is 0 Å². The number of fused-ring (bicyclic) bond motifs is 5. The first kappa shape index (κ1) is 27.7. The molecular weight excluding hydrogens is 496 g/mol. The number of likely N-dealkylation sites (tertiary alicyclic amines) is 2. The molecule has 5 nitrogen and oxygen atoms in total. The molecule has 222 valence electrons. The van der Waals surface area contributed by atoms with E-state index < -0.39 is 0 Å². The molecule has 4 aliphatic carbocycles. The van der Waals surface area contributed by atoms with E-state index in [0.29, 0.717) is 11.5 Å². The Morgan fingerprint density at radius 1 is 0.875 bits per heavy atom. The Morgan fingerprint density at radius 3 is 2.33 bits per heavy atom. The van der Waals surface area contributed by atoms with Crippen LogP contribution < -0.4 is 0 Å². The average molecular weight is 551 g/mol. The van der Waals surface area contributed by atoms with Crippen LogP contribution in [0.5, 0.6) is 0 Å². The minimum absolute atomic E-state index is 0.167. The lowest BCUT2D eigenvalue weighted by Crippen LogP contribution is -2.54. The quantitative estimate of drug-likeness (QED) is 0.309. The summed E-state index contributed by atoms with van der Waals surface area (Å²) in [5.41, 5.74) is 3.34. The second kappa shape index (κ2) is 11.2. The van der Waals surface area contributed by atoms with Crippen LogP contribution in [0.15, 0.2) is 34.7 Å². The number of nitrogens with zero attached hydrogens (tertiary/aromatic N) is 2. The predicted molar refractivity (Wildman–Crippen MR) is 159 cm³/mol. The molecule has 0 amide bonds. The van der Waals surface area contributed by atoms with Gasteiger partial charge in [-0.1, -0.05) is 25.5 Å². The van der Waals surface area contributed by atoms with Crippen molar-refractivity contribution < 1.29 is 13.9 Å². The molecular formula is C35H54N2O3. The van der Waals surface area contributed by atoms with Crippen LogP contribution in [-0.4, -0.2) is 68.4 Å². The van der Waals surface area contributed by atoms with E-state index in [2.05, 4.69) is 35.8 Å². The highest BCUT2D eigenvalue weighted by Gasteiger charge is 2.65. The lowest BCUT2D eigenvalue weighted by molar-refractivity contribution is -0.166. The zero-order chi connectivity index (χ0) is 27.2. The second-order valence-corrected chi connectivity index (χ2v) is 14.8. The van der Waals surface area contributed by atoms with Gasteiger partial charge in [-0.05, 0) is 132 Å². The van der Waals surface area contributed by atoms with Crippen LogP contribution in [0.3, 0.4) is 0 Å². The zero-order valence-electron chi connectivity index (χ0n) is 25.4. The maximum absolute atomic E-state index is 7.13. The van der Waals surface area contributed by atoms with Gasteiger partial charge in [0.1, 0.15) is 5.60 Å². The van der Waals surface area contributed by atoms with E-state index in [1.165, 1.54) is 102 Å². The van der Waals surface area contributed by atoms with Gasteiger partial charge in [0.25, 0.3) is 0 Å². The highest BCUT2D eigenvalue weighted by Crippen LogP contribution is 2.70. The fraction of sp³-hybridized carbons (Fsp3) is 0.829. The molecule has 40 heavy (non-hydrogen) atoms. The number of furan rings is 1. The van der Waals surface area contributed by atoms with Gasteiger partial charge in [-0.3, -0.25) is 0 Å². The molecule has 7 atom stereocenters. The minimum atomic E-state index is -0.207. The van der Waals surface area contributed by atoms with Gasteiger partial charge in [-0.25, -0.2) is 0 Å². The van der Waals surface area contributed by atoms with Crippen LogP contribution in [0.1, 0.15) is 96.5 Å². The molecule has 2 saturated heterocycles. The van der Waals surface area contributed by atoms with Crippen LogP contribution in [0.4, 0.5) is 0 Å². The van der Waals surface area contributed by atoms with Gasteiger partial charge in [-0.15, -0.1) is 0 Å². The van der Waals surface area contributed by atoms with Gasteiger partial charge in [0, 0.05) is 24.1 Å². The Hall–Kier alpha value is -1.14. The van der Waals surface area contributed by atoms with Crippen molar-refractivity contribution in [1.29, 1.82) is 0 Å².